The lowest BCUT2D eigenvalue weighted by molar-refractivity contribution is -0.137. The second-order valence-electron chi connectivity index (χ2n) is 6.05. The second-order valence-corrected chi connectivity index (χ2v) is 6.05. The number of hydrogen-bond donors (Lipinski definition) is 1. The minimum atomic E-state index is -4.35. The van der Waals surface area contributed by atoms with Crippen LogP contribution in [0.3, 0.4) is 0 Å². The molecular weight excluding hydrogens is 371 g/mol. The van der Waals surface area contributed by atoms with E-state index < -0.39 is 11.7 Å². The third-order valence-corrected chi connectivity index (χ3v) is 4.21. The molecule has 0 unspecified atom stereocenters. The van der Waals surface area contributed by atoms with E-state index in [1.807, 2.05) is 25.1 Å². The molecule has 1 N–H and O–H groups in total. The first-order valence-corrected chi connectivity index (χ1v) is 8.32. The highest BCUT2D eigenvalue weighted by Crippen LogP contribution is 2.29. The summed E-state index contributed by atoms with van der Waals surface area (Å²) in [6.07, 6.45) is -4.35. The zero-order valence-corrected chi connectivity index (χ0v) is 15.5. The Hall–Kier alpha value is -2.48. The van der Waals surface area contributed by atoms with Crippen molar-refractivity contribution in [3.8, 4) is 11.8 Å². The molecule has 0 radical (unpaired) electrons. The molecule has 27 heavy (non-hydrogen) atoms. The predicted octanol–water partition coefficient (Wildman–Crippen LogP) is 5.98. The smallest absolute Gasteiger partial charge is 0.300 e. The quantitative estimate of drug-likeness (QED) is 0.543. The predicted molar refractivity (Wildman–Crippen MR) is 106 cm³/mol. The first kappa shape index (κ1) is 20.8. The van der Waals surface area contributed by atoms with E-state index in [0.717, 1.165) is 12.1 Å². The molecule has 0 spiro atoms. The molecule has 0 fully saturated rings. The summed E-state index contributed by atoms with van der Waals surface area (Å²) >= 11 is 0. The Bertz CT molecular complexity index is 965. The summed E-state index contributed by atoms with van der Waals surface area (Å²) < 4.78 is 38.2. The van der Waals surface area contributed by atoms with Crippen LogP contribution in [0, 0.1) is 11.8 Å². The molecule has 0 heterocycles. The van der Waals surface area contributed by atoms with Crippen molar-refractivity contribution in [3.63, 3.8) is 0 Å². The molecule has 1 atom stereocenters. The van der Waals surface area contributed by atoms with Crippen LogP contribution in [0.5, 0.6) is 0 Å². The number of alkyl halides is 3. The van der Waals surface area contributed by atoms with Crippen LogP contribution in [-0.2, 0) is 6.18 Å². The van der Waals surface area contributed by atoms with Crippen LogP contribution in [0.15, 0.2) is 66.7 Å². The molecule has 0 bridgehead atoms. The van der Waals surface area contributed by atoms with Crippen molar-refractivity contribution >= 4 is 23.2 Å². The monoisotopic (exact) mass is 389 g/mol. The summed E-state index contributed by atoms with van der Waals surface area (Å²) in [5, 5.41) is 5.67. The Kier molecular flexibility index (Phi) is 6.90. The van der Waals surface area contributed by atoms with Gasteiger partial charge in [-0.1, -0.05) is 60.4 Å². The normalized spacial score (nSPS) is 12.0. The van der Waals surface area contributed by atoms with Crippen LogP contribution in [0.25, 0.3) is 10.8 Å². The van der Waals surface area contributed by atoms with Crippen LogP contribution in [-0.4, -0.2) is 6.54 Å². The minimum Gasteiger partial charge on any atom is -0.300 e. The van der Waals surface area contributed by atoms with E-state index in [0.29, 0.717) is 12.1 Å². The Morgan fingerprint density at radius 1 is 0.963 bits per heavy atom. The third kappa shape index (κ3) is 5.26. The maximum atomic E-state index is 12.7. The number of nitrogens with one attached hydrogen (secondary N) is 1. The highest BCUT2D eigenvalue weighted by molar-refractivity contribution is 5.86. The molecule has 0 amide bonds. The van der Waals surface area contributed by atoms with Gasteiger partial charge in [-0.25, -0.2) is 0 Å². The van der Waals surface area contributed by atoms with E-state index in [-0.39, 0.29) is 18.4 Å². The van der Waals surface area contributed by atoms with Crippen molar-refractivity contribution in [2.75, 3.05) is 6.54 Å². The summed E-state index contributed by atoms with van der Waals surface area (Å²) in [6, 6.07) is 19.5. The SMILES string of the molecule is C[C@@H](NCC#Cc1cccc(C(F)(F)F)c1)c1cccc2ccccc12.Cl. The first-order valence-electron chi connectivity index (χ1n) is 8.32. The fourth-order valence-electron chi connectivity index (χ4n) is 2.86. The van der Waals surface area contributed by atoms with Crippen molar-refractivity contribution in [2.24, 2.45) is 0 Å². The minimum absolute atomic E-state index is 0. The van der Waals surface area contributed by atoms with Crippen LogP contribution < -0.4 is 5.32 Å². The highest BCUT2D eigenvalue weighted by atomic mass is 35.5. The molecule has 0 aliphatic rings. The zero-order valence-electron chi connectivity index (χ0n) is 14.7. The van der Waals surface area contributed by atoms with Gasteiger partial charge in [0.05, 0.1) is 12.1 Å². The summed E-state index contributed by atoms with van der Waals surface area (Å²) in [5.41, 5.74) is 0.852. The van der Waals surface area contributed by atoms with Gasteiger partial charge >= 0.3 is 6.18 Å². The molecule has 0 aliphatic carbocycles. The zero-order chi connectivity index (χ0) is 18.6. The molecule has 140 valence electrons. The van der Waals surface area contributed by atoms with Gasteiger partial charge in [0.15, 0.2) is 0 Å². The fourth-order valence-corrected chi connectivity index (χ4v) is 2.86. The fraction of sp³-hybridized carbons (Fsp3) is 0.182. The van der Waals surface area contributed by atoms with Crippen LogP contribution in [0.2, 0.25) is 0 Å². The van der Waals surface area contributed by atoms with Crippen LogP contribution >= 0.6 is 12.4 Å². The van der Waals surface area contributed by atoms with Crippen molar-refractivity contribution in [3.05, 3.63) is 83.4 Å². The molecular formula is C22H19ClF3N. The lowest BCUT2D eigenvalue weighted by Crippen LogP contribution is -2.19. The van der Waals surface area contributed by atoms with Gasteiger partial charge in [0.25, 0.3) is 0 Å². The Morgan fingerprint density at radius 3 is 2.44 bits per heavy atom. The van der Waals surface area contributed by atoms with Gasteiger partial charge in [-0.15, -0.1) is 12.4 Å². The van der Waals surface area contributed by atoms with E-state index >= 15 is 0 Å². The summed E-state index contributed by atoms with van der Waals surface area (Å²) in [4.78, 5) is 0. The topological polar surface area (TPSA) is 12.0 Å². The standard InChI is InChI=1S/C22H18F3N.ClH/c1-16(20-13-5-10-18-9-2-3-12-21(18)20)26-14-6-8-17-7-4-11-19(15-17)22(23,24)25;/h2-5,7,9-13,15-16,26H,14H2,1H3;1H/t16-;/m1./s1. The maximum absolute atomic E-state index is 12.7. The first-order chi connectivity index (χ1) is 12.4. The van der Waals surface area contributed by atoms with E-state index in [1.54, 1.807) is 6.07 Å². The molecule has 3 rings (SSSR count). The van der Waals surface area contributed by atoms with Gasteiger partial charge in [-0.2, -0.15) is 13.2 Å². The highest BCUT2D eigenvalue weighted by Gasteiger charge is 2.30. The van der Waals surface area contributed by atoms with Crippen molar-refractivity contribution in [1.82, 2.24) is 5.32 Å². The lowest BCUT2D eigenvalue weighted by atomic mass is 10.00. The van der Waals surface area contributed by atoms with Crippen molar-refractivity contribution in [1.29, 1.82) is 0 Å². The van der Waals surface area contributed by atoms with E-state index in [9.17, 15) is 13.2 Å². The van der Waals surface area contributed by atoms with Crippen LogP contribution in [0.4, 0.5) is 13.2 Å². The number of benzene rings is 3. The Balaban J connectivity index is 0.00000261. The largest absolute Gasteiger partial charge is 0.416 e. The van der Waals surface area contributed by atoms with Gasteiger partial charge < -0.3 is 0 Å². The number of hydrogen-bond acceptors (Lipinski definition) is 1. The molecule has 0 aromatic heterocycles. The Labute approximate surface area is 163 Å². The average Bonchev–Trinajstić information content (AvgIpc) is 2.64. The van der Waals surface area contributed by atoms with Gasteiger partial charge in [0.2, 0.25) is 0 Å². The van der Waals surface area contributed by atoms with Gasteiger partial charge in [0, 0.05) is 11.6 Å². The van der Waals surface area contributed by atoms with Crippen molar-refractivity contribution < 1.29 is 13.2 Å². The van der Waals surface area contributed by atoms with Crippen molar-refractivity contribution in [2.45, 2.75) is 19.1 Å². The van der Waals surface area contributed by atoms with Gasteiger partial charge in [-0.05, 0) is 41.5 Å². The van der Waals surface area contributed by atoms with E-state index in [4.69, 9.17) is 0 Å². The molecule has 3 aromatic carbocycles. The van der Waals surface area contributed by atoms with Crippen LogP contribution in [0.1, 0.15) is 29.7 Å². The second kappa shape index (κ2) is 8.94. The summed E-state index contributed by atoms with van der Waals surface area (Å²) in [6.45, 7) is 2.44. The number of fused-ring (bicyclic) bond motifs is 1. The molecule has 3 aromatic rings. The third-order valence-electron chi connectivity index (χ3n) is 4.21. The summed E-state index contributed by atoms with van der Waals surface area (Å²) in [7, 11) is 0. The molecule has 0 aliphatic heterocycles. The molecule has 0 saturated heterocycles. The number of rotatable bonds is 3. The maximum Gasteiger partial charge on any atom is 0.416 e. The molecule has 0 saturated carbocycles. The van der Waals surface area contributed by atoms with E-state index in [1.165, 1.54) is 22.4 Å². The summed E-state index contributed by atoms with van der Waals surface area (Å²) in [5.74, 6) is 5.69. The molecule has 5 heteroatoms. The molecule has 1 nitrogen and oxygen atoms in total. The average molecular weight is 390 g/mol. The number of halogens is 4. The Morgan fingerprint density at radius 2 is 1.67 bits per heavy atom. The van der Waals surface area contributed by atoms with Gasteiger partial charge in [0.1, 0.15) is 0 Å². The lowest BCUT2D eigenvalue weighted by Gasteiger charge is -2.15. The van der Waals surface area contributed by atoms with E-state index in [2.05, 4.69) is 41.4 Å². The van der Waals surface area contributed by atoms with Gasteiger partial charge in [-0.3, -0.25) is 5.32 Å².